The van der Waals surface area contributed by atoms with Crippen LogP contribution in [-0.4, -0.2) is 41.0 Å². The highest BCUT2D eigenvalue weighted by molar-refractivity contribution is 5.92. The summed E-state index contributed by atoms with van der Waals surface area (Å²) in [5.41, 5.74) is 1.56. The minimum absolute atomic E-state index is 0.0319. The van der Waals surface area contributed by atoms with Crippen LogP contribution >= 0.6 is 0 Å². The second-order valence-corrected chi connectivity index (χ2v) is 8.32. The predicted octanol–water partition coefficient (Wildman–Crippen LogP) is 5.41. The Hall–Kier alpha value is -3.30. The third kappa shape index (κ3) is 6.18. The molecule has 0 aliphatic carbocycles. The van der Waals surface area contributed by atoms with E-state index in [2.05, 4.69) is 15.3 Å². The first-order valence-electron chi connectivity index (χ1n) is 11.7. The quantitative estimate of drug-likeness (QED) is 0.227. The van der Waals surface area contributed by atoms with E-state index < -0.39 is 4.92 Å². The summed E-state index contributed by atoms with van der Waals surface area (Å²) < 4.78 is 17.1. The zero-order valence-corrected chi connectivity index (χ0v) is 19.3. The number of hydrogen-bond acceptors (Lipinski definition) is 8. The van der Waals surface area contributed by atoms with Gasteiger partial charge in [-0.3, -0.25) is 10.1 Å². The average molecular weight is 467 g/mol. The fraction of sp³-hybridized carbons (Fsp3) is 0.440. The molecule has 2 heterocycles. The Balaban J connectivity index is 1.40. The van der Waals surface area contributed by atoms with Crippen molar-refractivity contribution in [2.45, 2.75) is 51.4 Å². The maximum absolute atomic E-state index is 11.8. The number of nitrogens with one attached hydrogen (secondary N) is 1. The van der Waals surface area contributed by atoms with Gasteiger partial charge >= 0.3 is 5.69 Å². The van der Waals surface area contributed by atoms with Gasteiger partial charge in [-0.25, -0.2) is 9.97 Å². The highest BCUT2D eigenvalue weighted by Gasteiger charge is 2.20. The number of ether oxygens (including phenoxy) is 3. The average Bonchev–Trinajstić information content (AvgIpc) is 2.87. The summed E-state index contributed by atoms with van der Waals surface area (Å²) >= 11 is 0. The molecule has 9 heteroatoms. The molecule has 2 aromatic carbocycles. The Labute approximate surface area is 198 Å². The van der Waals surface area contributed by atoms with Gasteiger partial charge in [-0.05, 0) is 44.6 Å². The lowest BCUT2D eigenvalue weighted by molar-refractivity contribution is -0.385. The van der Waals surface area contributed by atoms with E-state index in [0.29, 0.717) is 36.4 Å². The van der Waals surface area contributed by atoms with Gasteiger partial charge in [0.1, 0.15) is 12.1 Å². The number of nitro benzene ring substituents is 1. The zero-order chi connectivity index (χ0) is 23.8. The van der Waals surface area contributed by atoms with E-state index >= 15 is 0 Å². The van der Waals surface area contributed by atoms with E-state index in [0.717, 1.165) is 37.9 Å². The van der Waals surface area contributed by atoms with Crippen LogP contribution in [0.4, 0.5) is 11.5 Å². The zero-order valence-electron chi connectivity index (χ0n) is 19.3. The summed E-state index contributed by atoms with van der Waals surface area (Å²) in [6, 6.07) is 13.0. The highest BCUT2D eigenvalue weighted by Crippen LogP contribution is 2.34. The number of rotatable bonds is 11. The molecule has 1 fully saturated rings. The maximum atomic E-state index is 11.8. The largest absolute Gasteiger partial charge is 0.487 e. The van der Waals surface area contributed by atoms with Crippen molar-refractivity contribution in [3.8, 4) is 5.75 Å². The van der Waals surface area contributed by atoms with Gasteiger partial charge in [0.2, 0.25) is 0 Å². The lowest BCUT2D eigenvalue weighted by Crippen LogP contribution is -2.22. The van der Waals surface area contributed by atoms with E-state index in [1.165, 1.54) is 12.4 Å². The summed E-state index contributed by atoms with van der Waals surface area (Å²) in [4.78, 5) is 20.0. The number of anilines is 1. The third-order valence-electron chi connectivity index (χ3n) is 5.80. The molecule has 1 aliphatic heterocycles. The third-order valence-corrected chi connectivity index (χ3v) is 5.80. The van der Waals surface area contributed by atoms with Crippen molar-refractivity contribution in [2.24, 2.45) is 0 Å². The molecular formula is C25H30N4O5. The highest BCUT2D eigenvalue weighted by atomic mass is 16.7. The number of fused-ring (bicyclic) bond motifs is 1. The fourth-order valence-corrected chi connectivity index (χ4v) is 3.92. The SMILES string of the molecule is CC(Nc1ncnc2cc(OCCCCOC3CCCCO3)c([N+](=O)[O-])cc12)c1ccccc1. The van der Waals surface area contributed by atoms with Crippen molar-refractivity contribution in [2.75, 3.05) is 25.1 Å². The smallest absolute Gasteiger partial charge is 0.311 e. The van der Waals surface area contributed by atoms with Crippen molar-refractivity contribution in [1.29, 1.82) is 0 Å². The first-order chi connectivity index (χ1) is 16.6. The Morgan fingerprint density at radius 1 is 1.18 bits per heavy atom. The van der Waals surface area contributed by atoms with Crippen LogP contribution in [0.25, 0.3) is 10.9 Å². The number of aromatic nitrogens is 2. The van der Waals surface area contributed by atoms with Gasteiger partial charge in [0.25, 0.3) is 0 Å². The van der Waals surface area contributed by atoms with Crippen molar-refractivity contribution < 1.29 is 19.1 Å². The molecule has 9 nitrogen and oxygen atoms in total. The second kappa shape index (κ2) is 11.7. The van der Waals surface area contributed by atoms with Gasteiger partial charge < -0.3 is 19.5 Å². The molecule has 1 N–H and O–H groups in total. The molecule has 34 heavy (non-hydrogen) atoms. The molecule has 1 aromatic heterocycles. The summed E-state index contributed by atoms with van der Waals surface area (Å²) in [7, 11) is 0. The molecule has 0 amide bonds. The molecule has 2 atom stereocenters. The van der Waals surface area contributed by atoms with Gasteiger partial charge in [-0.2, -0.15) is 0 Å². The van der Waals surface area contributed by atoms with Crippen molar-refractivity contribution in [3.63, 3.8) is 0 Å². The Bertz CT molecular complexity index is 1090. The number of nitrogens with zero attached hydrogens (tertiary/aromatic N) is 3. The van der Waals surface area contributed by atoms with Crippen LogP contribution in [0.5, 0.6) is 5.75 Å². The summed E-state index contributed by atoms with van der Waals surface area (Å²) in [5, 5.41) is 15.7. The molecule has 3 aromatic rings. The summed E-state index contributed by atoms with van der Waals surface area (Å²) in [6.07, 6.45) is 5.99. The minimum Gasteiger partial charge on any atom is -0.487 e. The Morgan fingerprint density at radius 2 is 2.00 bits per heavy atom. The van der Waals surface area contributed by atoms with Crippen LogP contribution in [0.3, 0.4) is 0 Å². The fourth-order valence-electron chi connectivity index (χ4n) is 3.92. The molecule has 0 saturated carbocycles. The van der Waals surface area contributed by atoms with Crippen molar-refractivity contribution >= 4 is 22.4 Å². The van der Waals surface area contributed by atoms with Crippen LogP contribution in [0.1, 0.15) is 50.6 Å². The van der Waals surface area contributed by atoms with Gasteiger partial charge in [0, 0.05) is 36.8 Å². The number of benzene rings is 2. The molecule has 0 bridgehead atoms. The minimum atomic E-state index is -0.435. The van der Waals surface area contributed by atoms with Crippen molar-refractivity contribution in [1.82, 2.24) is 9.97 Å². The van der Waals surface area contributed by atoms with Gasteiger partial charge in [0.15, 0.2) is 12.0 Å². The molecule has 1 saturated heterocycles. The number of unbranched alkanes of at least 4 members (excludes halogenated alkanes) is 1. The van der Waals surface area contributed by atoms with Crippen LogP contribution in [-0.2, 0) is 9.47 Å². The summed E-state index contributed by atoms with van der Waals surface area (Å²) in [6.45, 7) is 3.70. The first kappa shape index (κ1) is 23.8. The van der Waals surface area contributed by atoms with E-state index in [9.17, 15) is 10.1 Å². The number of nitro groups is 1. The predicted molar refractivity (Wildman–Crippen MR) is 129 cm³/mol. The normalized spacial score (nSPS) is 16.8. The number of hydrogen-bond donors (Lipinski definition) is 1. The van der Waals surface area contributed by atoms with Crippen LogP contribution in [0.2, 0.25) is 0 Å². The van der Waals surface area contributed by atoms with Crippen molar-refractivity contribution in [3.05, 3.63) is 64.5 Å². The molecule has 180 valence electrons. The molecule has 4 rings (SSSR count). The van der Waals surface area contributed by atoms with E-state index in [-0.39, 0.29) is 23.8 Å². The molecule has 0 spiro atoms. The molecule has 2 unspecified atom stereocenters. The molecular weight excluding hydrogens is 436 g/mol. The van der Waals surface area contributed by atoms with Gasteiger partial charge in [0.05, 0.1) is 17.0 Å². The summed E-state index contributed by atoms with van der Waals surface area (Å²) in [5.74, 6) is 0.743. The van der Waals surface area contributed by atoms with E-state index in [1.807, 2.05) is 37.3 Å². The standard InChI is InChI=1S/C25H30N4O5/c1-18(19-9-3-2-4-10-19)28-25-20-15-22(29(30)31)23(16-21(20)26-17-27-25)32-12-7-8-14-34-24-11-5-6-13-33-24/h2-4,9-10,15-18,24H,5-8,11-14H2,1H3,(H,26,27,28). The van der Waals surface area contributed by atoms with Gasteiger partial charge in [-0.1, -0.05) is 30.3 Å². The lowest BCUT2D eigenvalue weighted by Gasteiger charge is -2.22. The molecule has 1 aliphatic rings. The van der Waals surface area contributed by atoms with Gasteiger partial charge in [-0.15, -0.1) is 0 Å². The lowest BCUT2D eigenvalue weighted by atomic mass is 10.1. The Morgan fingerprint density at radius 3 is 2.76 bits per heavy atom. The van der Waals surface area contributed by atoms with E-state index in [4.69, 9.17) is 14.2 Å². The van der Waals surface area contributed by atoms with Crippen LogP contribution in [0.15, 0.2) is 48.8 Å². The monoisotopic (exact) mass is 466 g/mol. The van der Waals surface area contributed by atoms with Crippen LogP contribution < -0.4 is 10.1 Å². The van der Waals surface area contributed by atoms with E-state index in [1.54, 1.807) is 6.07 Å². The first-order valence-corrected chi connectivity index (χ1v) is 11.7. The van der Waals surface area contributed by atoms with Crippen LogP contribution in [0, 0.1) is 10.1 Å². The topological polar surface area (TPSA) is 109 Å². The molecule has 0 radical (unpaired) electrons. The Kier molecular flexibility index (Phi) is 8.21. The second-order valence-electron chi connectivity index (χ2n) is 8.32. The maximum Gasteiger partial charge on any atom is 0.311 e.